The molecule has 1 atom stereocenters. The van der Waals surface area contributed by atoms with Crippen LogP contribution in [0.2, 0.25) is 0 Å². The molecule has 28 heavy (non-hydrogen) atoms. The zero-order valence-corrected chi connectivity index (χ0v) is 15.2. The van der Waals surface area contributed by atoms with Crippen LogP contribution in [-0.2, 0) is 19.1 Å². The zero-order chi connectivity index (χ0) is 19.5. The van der Waals surface area contributed by atoms with Crippen LogP contribution in [0.25, 0.3) is 6.08 Å². The van der Waals surface area contributed by atoms with Gasteiger partial charge >= 0.3 is 5.91 Å². The molecule has 1 unspecified atom stereocenters. The van der Waals surface area contributed by atoms with E-state index in [1.54, 1.807) is 29.2 Å². The minimum Gasteiger partial charge on any atom is -0.465 e. The first-order chi connectivity index (χ1) is 13.6. The van der Waals surface area contributed by atoms with Crippen LogP contribution in [0.15, 0.2) is 54.3 Å². The summed E-state index contributed by atoms with van der Waals surface area (Å²) in [7, 11) is 0. The molecule has 1 aromatic rings. The van der Waals surface area contributed by atoms with Crippen molar-refractivity contribution in [1.82, 2.24) is 4.90 Å². The molecule has 0 aromatic heterocycles. The number of nitrogens with zero attached hydrogens (tertiary/aromatic N) is 2. The largest absolute Gasteiger partial charge is 0.465 e. The first kappa shape index (κ1) is 18.3. The van der Waals surface area contributed by atoms with E-state index in [2.05, 4.69) is 0 Å². The van der Waals surface area contributed by atoms with Gasteiger partial charge in [-0.25, -0.2) is 9.18 Å². The molecule has 2 aliphatic heterocycles. The SMILES string of the molecule is O=C(C[N+]1=C2C=CC=CC2O/C(=C/c2ccc(F)cc2)C1=O)N1CCOCC1. The van der Waals surface area contributed by atoms with Gasteiger partial charge in [0, 0.05) is 19.2 Å². The number of hydrogen-bond donors (Lipinski definition) is 0. The lowest BCUT2D eigenvalue weighted by atomic mass is 10.1. The Hall–Kier alpha value is -3.06. The molecule has 1 saturated heterocycles. The summed E-state index contributed by atoms with van der Waals surface area (Å²) in [6.07, 6.45) is 8.37. The Morgan fingerprint density at radius 1 is 1.21 bits per heavy atom. The van der Waals surface area contributed by atoms with E-state index < -0.39 is 12.0 Å². The number of amides is 2. The van der Waals surface area contributed by atoms with Gasteiger partial charge in [0.05, 0.1) is 13.2 Å². The summed E-state index contributed by atoms with van der Waals surface area (Å²) >= 11 is 0. The maximum Gasteiger partial charge on any atom is 0.455 e. The second-order valence-electron chi connectivity index (χ2n) is 6.65. The molecule has 0 bridgehead atoms. The van der Waals surface area contributed by atoms with Gasteiger partial charge in [0.1, 0.15) is 5.82 Å². The van der Waals surface area contributed by atoms with Crippen molar-refractivity contribution in [2.75, 3.05) is 32.8 Å². The number of hydrogen-bond acceptors (Lipinski definition) is 4. The Labute approximate surface area is 161 Å². The van der Waals surface area contributed by atoms with E-state index in [0.717, 1.165) is 0 Å². The number of carbonyl (C=O) groups excluding carboxylic acids is 2. The van der Waals surface area contributed by atoms with Crippen LogP contribution in [0.3, 0.4) is 0 Å². The second kappa shape index (κ2) is 7.90. The number of rotatable bonds is 3. The Kier molecular flexibility index (Phi) is 5.16. The summed E-state index contributed by atoms with van der Waals surface area (Å²) < 4.78 is 25.7. The molecule has 3 aliphatic rings. The summed E-state index contributed by atoms with van der Waals surface area (Å²) in [4.78, 5) is 27.5. The fourth-order valence-electron chi connectivity index (χ4n) is 3.31. The van der Waals surface area contributed by atoms with Gasteiger partial charge in [-0.3, -0.25) is 4.79 Å². The monoisotopic (exact) mass is 383 g/mol. The maximum absolute atomic E-state index is 13.1. The van der Waals surface area contributed by atoms with E-state index in [0.29, 0.717) is 37.6 Å². The summed E-state index contributed by atoms with van der Waals surface area (Å²) in [6, 6.07) is 5.77. The van der Waals surface area contributed by atoms with Crippen molar-refractivity contribution in [3.05, 3.63) is 65.7 Å². The van der Waals surface area contributed by atoms with Crippen molar-refractivity contribution >= 4 is 23.6 Å². The van der Waals surface area contributed by atoms with Gasteiger partial charge in [-0.05, 0) is 29.8 Å². The molecule has 1 fully saturated rings. The van der Waals surface area contributed by atoms with E-state index in [1.807, 2.05) is 18.2 Å². The number of morpholine rings is 1. The van der Waals surface area contributed by atoms with Gasteiger partial charge < -0.3 is 14.4 Å². The highest BCUT2D eigenvalue weighted by Crippen LogP contribution is 2.21. The molecule has 0 saturated carbocycles. The van der Waals surface area contributed by atoms with Gasteiger partial charge in [-0.15, -0.1) is 4.58 Å². The first-order valence-electron chi connectivity index (χ1n) is 9.15. The number of fused-ring (bicyclic) bond motifs is 1. The van der Waals surface area contributed by atoms with Gasteiger partial charge in [-0.2, -0.15) is 0 Å². The molecule has 1 aromatic carbocycles. The van der Waals surface area contributed by atoms with Crippen LogP contribution < -0.4 is 0 Å². The van der Waals surface area contributed by atoms with E-state index >= 15 is 0 Å². The van der Waals surface area contributed by atoms with Crippen LogP contribution in [0.1, 0.15) is 5.56 Å². The second-order valence-corrected chi connectivity index (χ2v) is 6.65. The van der Waals surface area contributed by atoms with Crippen LogP contribution in [-0.4, -0.2) is 66.0 Å². The molecule has 4 rings (SSSR count). The standard InChI is InChI=1S/C21H20FN2O4/c22-16-7-5-15(6-8-16)13-19-21(26)24(17-3-1-2-4-18(17)28-19)14-20(25)23-9-11-27-12-10-23/h1-8,13,18H,9-12,14H2/q+1/b19-13+. The van der Waals surface area contributed by atoms with Gasteiger partial charge in [0.25, 0.3) is 5.91 Å². The van der Waals surface area contributed by atoms with Crippen LogP contribution in [0.4, 0.5) is 4.39 Å². The van der Waals surface area contributed by atoms with Crippen molar-refractivity contribution in [1.29, 1.82) is 0 Å². The van der Waals surface area contributed by atoms with E-state index in [9.17, 15) is 14.0 Å². The summed E-state index contributed by atoms with van der Waals surface area (Å²) in [5.74, 6) is -0.757. The summed E-state index contributed by atoms with van der Waals surface area (Å²) in [5.41, 5.74) is 1.27. The Balaban J connectivity index is 1.63. The van der Waals surface area contributed by atoms with Gasteiger partial charge in [0.15, 0.2) is 0 Å². The number of ether oxygens (including phenoxy) is 2. The minimum atomic E-state index is -0.452. The molecule has 2 heterocycles. The zero-order valence-electron chi connectivity index (χ0n) is 15.2. The third-order valence-corrected chi connectivity index (χ3v) is 4.80. The quantitative estimate of drug-likeness (QED) is 0.587. The summed E-state index contributed by atoms with van der Waals surface area (Å²) in [5, 5.41) is 0. The fourth-order valence-corrected chi connectivity index (χ4v) is 3.31. The first-order valence-corrected chi connectivity index (χ1v) is 9.15. The molecular formula is C21H20FN2O4+. The molecule has 6 nitrogen and oxygen atoms in total. The normalized spacial score (nSPS) is 23.0. The third kappa shape index (κ3) is 3.80. The average molecular weight is 383 g/mol. The Bertz CT molecular complexity index is 909. The number of carbonyl (C=O) groups is 2. The average Bonchev–Trinajstić information content (AvgIpc) is 2.73. The molecule has 0 N–H and O–H groups in total. The molecule has 7 heteroatoms. The minimum absolute atomic E-state index is 0.0625. The highest BCUT2D eigenvalue weighted by Gasteiger charge is 2.41. The maximum atomic E-state index is 13.1. The Morgan fingerprint density at radius 3 is 2.71 bits per heavy atom. The van der Waals surface area contributed by atoms with Crippen molar-refractivity contribution < 1.29 is 28.0 Å². The van der Waals surface area contributed by atoms with Crippen LogP contribution >= 0.6 is 0 Å². The molecule has 1 aliphatic carbocycles. The molecule has 0 spiro atoms. The van der Waals surface area contributed by atoms with E-state index in [1.165, 1.54) is 16.7 Å². The number of allylic oxidation sites excluding steroid dienone is 2. The van der Waals surface area contributed by atoms with Crippen molar-refractivity contribution in [3.8, 4) is 0 Å². The molecule has 144 valence electrons. The summed E-state index contributed by atoms with van der Waals surface area (Å²) in [6.45, 7) is 1.97. The van der Waals surface area contributed by atoms with Crippen LogP contribution in [0, 0.1) is 5.82 Å². The van der Waals surface area contributed by atoms with Crippen molar-refractivity contribution in [2.24, 2.45) is 0 Å². The molecular weight excluding hydrogens is 363 g/mol. The number of halogens is 1. The smallest absolute Gasteiger partial charge is 0.455 e. The van der Waals surface area contributed by atoms with E-state index in [4.69, 9.17) is 9.47 Å². The highest BCUT2D eigenvalue weighted by molar-refractivity contribution is 6.06. The lowest BCUT2D eigenvalue weighted by Crippen LogP contribution is -2.49. The van der Waals surface area contributed by atoms with Gasteiger partial charge in [0.2, 0.25) is 24.1 Å². The lowest BCUT2D eigenvalue weighted by Gasteiger charge is -2.27. The highest BCUT2D eigenvalue weighted by atomic mass is 19.1. The number of benzene rings is 1. The van der Waals surface area contributed by atoms with Crippen molar-refractivity contribution in [3.63, 3.8) is 0 Å². The van der Waals surface area contributed by atoms with Gasteiger partial charge in [-0.1, -0.05) is 24.3 Å². The van der Waals surface area contributed by atoms with Crippen molar-refractivity contribution in [2.45, 2.75) is 6.10 Å². The topological polar surface area (TPSA) is 58.8 Å². The predicted molar refractivity (Wildman–Crippen MR) is 100 cm³/mol. The lowest BCUT2D eigenvalue weighted by molar-refractivity contribution is -0.444. The van der Waals surface area contributed by atoms with E-state index in [-0.39, 0.29) is 24.0 Å². The fraction of sp³-hybridized carbons (Fsp3) is 0.286. The van der Waals surface area contributed by atoms with Crippen LogP contribution in [0.5, 0.6) is 0 Å². The molecule has 2 amide bonds. The molecule has 0 radical (unpaired) electrons. The predicted octanol–water partition coefficient (Wildman–Crippen LogP) is 1.53. The third-order valence-electron chi connectivity index (χ3n) is 4.80. The Morgan fingerprint density at radius 2 is 1.96 bits per heavy atom.